The first kappa shape index (κ1) is 13.9. The van der Waals surface area contributed by atoms with Gasteiger partial charge in [-0.05, 0) is 20.3 Å². The van der Waals surface area contributed by atoms with Gasteiger partial charge in [0, 0.05) is 12.6 Å². The third-order valence-corrected chi connectivity index (χ3v) is 1.98. The van der Waals surface area contributed by atoms with Crippen molar-refractivity contribution < 1.29 is 9.90 Å². The molecule has 3 heteroatoms. The number of hydrogen-bond acceptors (Lipinski definition) is 2. The van der Waals surface area contributed by atoms with Crippen LogP contribution in [-0.4, -0.2) is 23.2 Å². The van der Waals surface area contributed by atoms with Crippen molar-refractivity contribution in [3.05, 3.63) is 24.3 Å². The van der Waals surface area contributed by atoms with E-state index in [9.17, 15) is 9.90 Å². The molecule has 0 bridgehead atoms. The summed E-state index contributed by atoms with van der Waals surface area (Å²) in [4.78, 5) is 11.2. The van der Waals surface area contributed by atoms with Crippen LogP contribution in [0.3, 0.4) is 0 Å². The predicted molar refractivity (Wildman–Crippen MR) is 62.5 cm³/mol. The highest BCUT2D eigenvalue weighted by Gasteiger charge is 2.18. The number of amides is 1. The van der Waals surface area contributed by atoms with Crippen LogP contribution in [0.4, 0.5) is 0 Å². The van der Waals surface area contributed by atoms with Gasteiger partial charge in [-0.3, -0.25) is 4.79 Å². The van der Waals surface area contributed by atoms with Gasteiger partial charge in [0.2, 0.25) is 5.91 Å². The van der Waals surface area contributed by atoms with Gasteiger partial charge in [-0.1, -0.05) is 31.6 Å². The van der Waals surface area contributed by atoms with Crippen LogP contribution >= 0.6 is 0 Å². The number of allylic oxidation sites excluding steroid dienone is 3. The van der Waals surface area contributed by atoms with Crippen molar-refractivity contribution in [2.45, 2.75) is 39.2 Å². The molecule has 0 saturated heterocycles. The van der Waals surface area contributed by atoms with Gasteiger partial charge in [0.15, 0.2) is 0 Å². The van der Waals surface area contributed by atoms with Gasteiger partial charge in [-0.15, -0.1) is 0 Å². The average molecular weight is 211 g/mol. The van der Waals surface area contributed by atoms with E-state index in [1.165, 1.54) is 6.08 Å². The molecule has 0 spiro atoms. The molecule has 1 amide bonds. The second-order valence-electron chi connectivity index (χ2n) is 3.85. The van der Waals surface area contributed by atoms with Gasteiger partial charge in [-0.25, -0.2) is 0 Å². The molecule has 0 aromatic carbocycles. The zero-order valence-corrected chi connectivity index (χ0v) is 9.79. The fourth-order valence-electron chi connectivity index (χ4n) is 1.22. The van der Waals surface area contributed by atoms with Gasteiger partial charge < -0.3 is 10.4 Å². The van der Waals surface area contributed by atoms with Crippen molar-refractivity contribution in [2.75, 3.05) is 6.54 Å². The van der Waals surface area contributed by atoms with Crippen LogP contribution in [0, 0.1) is 0 Å². The molecule has 0 aliphatic heterocycles. The molecule has 0 saturated carbocycles. The standard InChI is InChI=1S/C12H21NO2/c1-4-6-7-8-11(14)13-10-12(3,15)9-5-2/h4,6-8,15H,5,9-10H2,1-3H3,(H,13,14)/b6-4?,8-7+. The van der Waals surface area contributed by atoms with Gasteiger partial charge in [0.1, 0.15) is 0 Å². The number of nitrogens with one attached hydrogen (secondary N) is 1. The molecule has 0 rings (SSSR count). The minimum absolute atomic E-state index is 0.176. The lowest BCUT2D eigenvalue weighted by molar-refractivity contribution is -0.117. The van der Waals surface area contributed by atoms with Crippen LogP contribution in [0.2, 0.25) is 0 Å². The summed E-state index contributed by atoms with van der Waals surface area (Å²) < 4.78 is 0. The number of carbonyl (C=O) groups is 1. The van der Waals surface area contributed by atoms with E-state index in [-0.39, 0.29) is 5.91 Å². The van der Waals surface area contributed by atoms with Crippen LogP contribution in [0.1, 0.15) is 33.6 Å². The molecule has 15 heavy (non-hydrogen) atoms. The molecule has 0 fully saturated rings. The molecule has 0 aromatic heterocycles. The Hall–Kier alpha value is -1.09. The highest BCUT2D eigenvalue weighted by atomic mass is 16.3. The van der Waals surface area contributed by atoms with Crippen molar-refractivity contribution in [2.24, 2.45) is 0 Å². The van der Waals surface area contributed by atoms with Crippen molar-refractivity contribution in [1.29, 1.82) is 0 Å². The maximum absolute atomic E-state index is 11.2. The Balaban J connectivity index is 3.89. The Bertz CT molecular complexity index is 242. The number of aliphatic hydroxyl groups is 1. The number of carbonyl (C=O) groups excluding carboxylic acids is 1. The van der Waals surface area contributed by atoms with E-state index in [4.69, 9.17) is 0 Å². The monoisotopic (exact) mass is 211 g/mol. The zero-order chi connectivity index (χ0) is 11.7. The first-order valence-corrected chi connectivity index (χ1v) is 5.31. The van der Waals surface area contributed by atoms with Crippen LogP contribution < -0.4 is 5.32 Å². The Morgan fingerprint density at radius 2 is 2.13 bits per heavy atom. The largest absolute Gasteiger partial charge is 0.388 e. The fraction of sp³-hybridized carbons (Fsp3) is 0.583. The lowest BCUT2D eigenvalue weighted by Gasteiger charge is -2.22. The first-order valence-electron chi connectivity index (χ1n) is 5.31. The molecule has 0 heterocycles. The quantitative estimate of drug-likeness (QED) is 0.520. The smallest absolute Gasteiger partial charge is 0.244 e. The maximum Gasteiger partial charge on any atom is 0.244 e. The van der Waals surface area contributed by atoms with Crippen LogP contribution in [0.5, 0.6) is 0 Å². The molecular formula is C12H21NO2. The molecule has 0 aliphatic carbocycles. The van der Waals surface area contributed by atoms with Crippen LogP contribution in [-0.2, 0) is 4.79 Å². The summed E-state index contributed by atoms with van der Waals surface area (Å²) in [5.74, 6) is -0.176. The maximum atomic E-state index is 11.2. The highest BCUT2D eigenvalue weighted by Crippen LogP contribution is 2.09. The highest BCUT2D eigenvalue weighted by molar-refractivity contribution is 5.87. The zero-order valence-electron chi connectivity index (χ0n) is 9.79. The summed E-state index contributed by atoms with van der Waals surface area (Å²) in [7, 11) is 0. The minimum Gasteiger partial charge on any atom is -0.388 e. The second-order valence-corrected chi connectivity index (χ2v) is 3.85. The number of hydrogen-bond donors (Lipinski definition) is 2. The Morgan fingerprint density at radius 1 is 1.47 bits per heavy atom. The summed E-state index contributed by atoms with van der Waals surface area (Å²) >= 11 is 0. The normalized spacial score (nSPS) is 15.7. The van der Waals surface area contributed by atoms with Crippen LogP contribution in [0.25, 0.3) is 0 Å². The van der Waals surface area contributed by atoms with Crippen molar-refractivity contribution >= 4 is 5.91 Å². The summed E-state index contributed by atoms with van der Waals surface area (Å²) in [6.45, 7) is 5.91. The van der Waals surface area contributed by atoms with E-state index in [1.807, 2.05) is 19.9 Å². The summed E-state index contributed by atoms with van der Waals surface area (Å²) in [6.07, 6.45) is 8.33. The summed E-state index contributed by atoms with van der Waals surface area (Å²) in [5, 5.41) is 12.4. The average Bonchev–Trinajstić information content (AvgIpc) is 2.15. The van der Waals surface area contributed by atoms with Crippen molar-refractivity contribution in [3.8, 4) is 0 Å². The van der Waals surface area contributed by atoms with Crippen LogP contribution in [0.15, 0.2) is 24.3 Å². The minimum atomic E-state index is -0.807. The molecular weight excluding hydrogens is 190 g/mol. The van der Waals surface area contributed by atoms with Crippen molar-refractivity contribution in [1.82, 2.24) is 5.32 Å². The fourth-order valence-corrected chi connectivity index (χ4v) is 1.22. The predicted octanol–water partition coefficient (Wildman–Crippen LogP) is 1.79. The Kier molecular flexibility index (Phi) is 6.71. The summed E-state index contributed by atoms with van der Waals surface area (Å²) in [5.41, 5.74) is -0.807. The SMILES string of the molecule is CC=C/C=C/C(=O)NCC(C)(O)CCC. The van der Waals surface area contributed by atoms with E-state index < -0.39 is 5.60 Å². The van der Waals surface area contributed by atoms with Gasteiger partial charge in [0.25, 0.3) is 0 Å². The third kappa shape index (κ3) is 7.94. The molecule has 1 atom stereocenters. The second kappa shape index (κ2) is 7.23. The lowest BCUT2D eigenvalue weighted by Crippen LogP contribution is -2.39. The molecule has 0 aliphatic rings. The molecule has 86 valence electrons. The molecule has 0 aromatic rings. The van der Waals surface area contributed by atoms with Gasteiger partial charge >= 0.3 is 0 Å². The number of rotatable bonds is 6. The van der Waals surface area contributed by atoms with E-state index in [2.05, 4.69) is 5.32 Å². The van der Waals surface area contributed by atoms with E-state index in [1.54, 1.807) is 19.1 Å². The topological polar surface area (TPSA) is 49.3 Å². The van der Waals surface area contributed by atoms with Crippen molar-refractivity contribution in [3.63, 3.8) is 0 Å². The van der Waals surface area contributed by atoms with E-state index >= 15 is 0 Å². The third-order valence-electron chi connectivity index (χ3n) is 1.98. The van der Waals surface area contributed by atoms with Gasteiger partial charge in [-0.2, -0.15) is 0 Å². The van der Waals surface area contributed by atoms with E-state index in [0.29, 0.717) is 13.0 Å². The first-order chi connectivity index (χ1) is 7.02. The Labute approximate surface area is 91.9 Å². The molecule has 1 unspecified atom stereocenters. The van der Waals surface area contributed by atoms with Gasteiger partial charge in [0.05, 0.1) is 5.60 Å². The lowest BCUT2D eigenvalue weighted by atomic mass is 10.0. The summed E-state index contributed by atoms with van der Waals surface area (Å²) in [6, 6.07) is 0. The molecule has 3 nitrogen and oxygen atoms in total. The van der Waals surface area contributed by atoms with E-state index in [0.717, 1.165) is 6.42 Å². The molecule has 2 N–H and O–H groups in total. The molecule has 0 radical (unpaired) electrons. The Morgan fingerprint density at radius 3 is 2.67 bits per heavy atom.